The molecule has 0 bridgehead atoms. The minimum atomic E-state index is 0.252. The Morgan fingerprint density at radius 2 is 1.83 bits per heavy atom. The van der Waals surface area contributed by atoms with Gasteiger partial charge in [-0.2, -0.15) is 0 Å². The molecular formula is C11H22O. The summed E-state index contributed by atoms with van der Waals surface area (Å²) in [6, 6.07) is 0. The minimum Gasteiger partial charge on any atom is -0.501 e. The van der Waals surface area contributed by atoms with Crippen LogP contribution in [0.2, 0.25) is 0 Å². The van der Waals surface area contributed by atoms with Crippen molar-refractivity contribution in [2.45, 2.75) is 47.5 Å². The predicted molar refractivity (Wildman–Crippen MR) is 54.1 cm³/mol. The zero-order chi connectivity index (χ0) is 9.61. The Bertz CT molecular complexity index is 140. The van der Waals surface area contributed by atoms with Crippen molar-refractivity contribution in [3.8, 4) is 0 Å². The maximum Gasteiger partial charge on any atom is 0.0870 e. The van der Waals surface area contributed by atoms with Crippen LogP contribution in [0.25, 0.3) is 0 Å². The maximum absolute atomic E-state index is 5.40. The highest BCUT2D eigenvalue weighted by Crippen LogP contribution is 2.27. The van der Waals surface area contributed by atoms with Crippen LogP contribution in [0, 0.1) is 5.41 Å². The lowest BCUT2D eigenvalue weighted by Gasteiger charge is -2.21. The third kappa shape index (κ3) is 4.42. The summed E-state index contributed by atoms with van der Waals surface area (Å²) in [7, 11) is 0. The summed E-state index contributed by atoms with van der Waals surface area (Å²) in [4.78, 5) is 0. The van der Waals surface area contributed by atoms with Gasteiger partial charge in [-0.25, -0.2) is 0 Å². The first kappa shape index (κ1) is 11.5. The van der Waals surface area contributed by atoms with E-state index in [1.165, 1.54) is 5.57 Å². The van der Waals surface area contributed by atoms with Gasteiger partial charge >= 0.3 is 0 Å². The van der Waals surface area contributed by atoms with Crippen molar-refractivity contribution >= 4 is 0 Å². The first-order chi connectivity index (χ1) is 5.52. The van der Waals surface area contributed by atoms with Crippen molar-refractivity contribution in [1.29, 1.82) is 0 Å². The van der Waals surface area contributed by atoms with Crippen molar-refractivity contribution in [2.75, 3.05) is 6.61 Å². The van der Waals surface area contributed by atoms with E-state index >= 15 is 0 Å². The van der Waals surface area contributed by atoms with Gasteiger partial charge < -0.3 is 4.74 Å². The van der Waals surface area contributed by atoms with Crippen LogP contribution in [-0.2, 0) is 4.74 Å². The topological polar surface area (TPSA) is 9.23 Å². The second-order valence-electron chi connectivity index (χ2n) is 4.12. The second-order valence-corrected chi connectivity index (χ2v) is 4.12. The Morgan fingerprint density at radius 1 is 1.25 bits per heavy atom. The summed E-state index contributed by atoms with van der Waals surface area (Å²) in [6.07, 6.45) is 4.09. The molecule has 0 aliphatic carbocycles. The van der Waals surface area contributed by atoms with E-state index in [4.69, 9.17) is 4.74 Å². The molecule has 0 aliphatic heterocycles. The van der Waals surface area contributed by atoms with Gasteiger partial charge in [0, 0.05) is 0 Å². The van der Waals surface area contributed by atoms with Gasteiger partial charge in [-0.05, 0) is 23.8 Å². The molecule has 0 radical (unpaired) electrons. The Labute approximate surface area is 76.8 Å². The second kappa shape index (κ2) is 5.23. The molecule has 0 atom stereocenters. The van der Waals surface area contributed by atoms with Crippen molar-refractivity contribution in [3.05, 3.63) is 11.8 Å². The molecule has 0 aromatic rings. The largest absolute Gasteiger partial charge is 0.501 e. The summed E-state index contributed by atoms with van der Waals surface area (Å²) in [6.45, 7) is 11.8. The Kier molecular flexibility index (Phi) is 5.03. The van der Waals surface area contributed by atoms with E-state index in [1.807, 2.05) is 6.26 Å². The number of hydrogen-bond donors (Lipinski definition) is 0. The van der Waals surface area contributed by atoms with Crippen molar-refractivity contribution in [3.63, 3.8) is 0 Å². The van der Waals surface area contributed by atoms with Crippen LogP contribution in [-0.4, -0.2) is 6.61 Å². The maximum atomic E-state index is 5.40. The van der Waals surface area contributed by atoms with E-state index in [1.54, 1.807) is 0 Å². The molecule has 0 saturated carbocycles. The minimum absolute atomic E-state index is 0.252. The van der Waals surface area contributed by atoms with Gasteiger partial charge in [0.2, 0.25) is 0 Å². The van der Waals surface area contributed by atoms with Gasteiger partial charge in [-0.15, -0.1) is 0 Å². The van der Waals surface area contributed by atoms with E-state index in [2.05, 4.69) is 34.6 Å². The summed E-state index contributed by atoms with van der Waals surface area (Å²) in [5.74, 6) is 0. The SMILES string of the molecule is CCCO/C=C(/CC)C(C)(C)C. The molecule has 1 nitrogen and oxygen atoms in total. The number of hydrogen-bond acceptors (Lipinski definition) is 1. The van der Waals surface area contributed by atoms with Crippen molar-refractivity contribution in [2.24, 2.45) is 5.41 Å². The van der Waals surface area contributed by atoms with Crippen LogP contribution in [0.15, 0.2) is 11.8 Å². The van der Waals surface area contributed by atoms with Gasteiger partial charge in [0.05, 0.1) is 12.9 Å². The lowest BCUT2D eigenvalue weighted by atomic mass is 9.86. The van der Waals surface area contributed by atoms with Crippen LogP contribution in [0.4, 0.5) is 0 Å². The molecule has 0 aromatic carbocycles. The molecule has 0 aliphatic rings. The molecule has 0 unspecified atom stereocenters. The first-order valence-corrected chi connectivity index (χ1v) is 4.83. The molecule has 0 heterocycles. The Balaban J connectivity index is 4.05. The molecule has 0 rings (SSSR count). The molecule has 12 heavy (non-hydrogen) atoms. The molecule has 0 aromatic heterocycles. The van der Waals surface area contributed by atoms with Crippen molar-refractivity contribution in [1.82, 2.24) is 0 Å². The highest BCUT2D eigenvalue weighted by atomic mass is 16.5. The summed E-state index contributed by atoms with van der Waals surface area (Å²) >= 11 is 0. The first-order valence-electron chi connectivity index (χ1n) is 4.83. The summed E-state index contributed by atoms with van der Waals surface area (Å²) in [5, 5.41) is 0. The van der Waals surface area contributed by atoms with Gasteiger partial charge in [0.25, 0.3) is 0 Å². The van der Waals surface area contributed by atoms with Crippen LogP contribution < -0.4 is 0 Å². The van der Waals surface area contributed by atoms with Gasteiger partial charge in [0.1, 0.15) is 0 Å². The molecule has 0 fully saturated rings. The quantitative estimate of drug-likeness (QED) is 0.461. The molecule has 0 spiro atoms. The van der Waals surface area contributed by atoms with Crippen LogP contribution >= 0.6 is 0 Å². The van der Waals surface area contributed by atoms with Crippen molar-refractivity contribution < 1.29 is 4.74 Å². The lowest BCUT2D eigenvalue weighted by molar-refractivity contribution is 0.239. The smallest absolute Gasteiger partial charge is 0.0870 e. The third-order valence-corrected chi connectivity index (χ3v) is 1.89. The molecule has 0 amide bonds. The highest BCUT2D eigenvalue weighted by Gasteiger charge is 2.15. The molecule has 72 valence electrons. The van der Waals surface area contributed by atoms with E-state index < -0.39 is 0 Å². The highest BCUT2D eigenvalue weighted by molar-refractivity contribution is 5.06. The van der Waals surface area contributed by atoms with Crippen LogP contribution in [0.5, 0.6) is 0 Å². The van der Waals surface area contributed by atoms with Gasteiger partial charge in [0.15, 0.2) is 0 Å². The average molecular weight is 170 g/mol. The standard InChI is InChI=1S/C11H22O/c1-6-8-12-9-10(7-2)11(3,4)5/h9H,6-8H2,1-5H3/b10-9-. The number of rotatable bonds is 4. The summed E-state index contributed by atoms with van der Waals surface area (Å²) in [5.41, 5.74) is 1.64. The molecule has 0 saturated heterocycles. The fraction of sp³-hybridized carbons (Fsp3) is 0.818. The normalized spacial score (nSPS) is 13.2. The average Bonchev–Trinajstić information content (AvgIpc) is 1.95. The van der Waals surface area contributed by atoms with Gasteiger partial charge in [-0.1, -0.05) is 34.6 Å². The Hall–Kier alpha value is -0.460. The van der Waals surface area contributed by atoms with Crippen LogP contribution in [0.1, 0.15) is 47.5 Å². The molecule has 0 N–H and O–H groups in total. The van der Waals surface area contributed by atoms with E-state index in [9.17, 15) is 0 Å². The predicted octanol–water partition coefficient (Wildman–Crippen LogP) is 3.75. The zero-order valence-electron chi connectivity index (χ0n) is 9.11. The molecular weight excluding hydrogens is 148 g/mol. The molecule has 1 heteroatoms. The van der Waals surface area contributed by atoms with E-state index in [-0.39, 0.29) is 5.41 Å². The van der Waals surface area contributed by atoms with E-state index in [0.29, 0.717) is 0 Å². The fourth-order valence-electron chi connectivity index (χ4n) is 1.07. The van der Waals surface area contributed by atoms with Crippen LogP contribution in [0.3, 0.4) is 0 Å². The monoisotopic (exact) mass is 170 g/mol. The lowest BCUT2D eigenvalue weighted by Crippen LogP contribution is -2.09. The zero-order valence-corrected chi connectivity index (χ0v) is 9.11. The van der Waals surface area contributed by atoms with E-state index in [0.717, 1.165) is 19.4 Å². The summed E-state index contributed by atoms with van der Waals surface area (Å²) < 4.78 is 5.40. The number of allylic oxidation sites excluding steroid dienone is 1. The van der Waals surface area contributed by atoms with Gasteiger partial charge in [-0.3, -0.25) is 0 Å². The number of ether oxygens (including phenoxy) is 1. The third-order valence-electron chi connectivity index (χ3n) is 1.89. The fourth-order valence-corrected chi connectivity index (χ4v) is 1.07. The Morgan fingerprint density at radius 3 is 2.17 bits per heavy atom.